The second kappa shape index (κ2) is 6.01. The Morgan fingerprint density at radius 3 is 2.84 bits per heavy atom. The molecule has 1 atom stereocenters. The van der Waals surface area contributed by atoms with Crippen molar-refractivity contribution >= 4 is 29.0 Å². The van der Waals surface area contributed by atoms with Crippen molar-refractivity contribution in [1.82, 2.24) is 10.4 Å². The van der Waals surface area contributed by atoms with E-state index in [9.17, 15) is 9.59 Å². The number of nitrogens with one attached hydrogen (secondary N) is 1. The minimum absolute atomic E-state index is 0.160. The molecule has 0 aliphatic carbocycles. The number of fused-ring (bicyclic) bond motifs is 1. The number of hydrogen-bond donors (Lipinski definition) is 1. The number of amides is 2. The van der Waals surface area contributed by atoms with Gasteiger partial charge in [-0.05, 0) is 37.1 Å². The molecule has 2 aromatic rings. The first-order valence-electron chi connectivity index (χ1n) is 8.13. The van der Waals surface area contributed by atoms with Gasteiger partial charge in [0.1, 0.15) is 6.04 Å². The van der Waals surface area contributed by atoms with E-state index in [4.69, 9.17) is 0 Å². The number of carbonyl (C=O) groups is 2. The van der Waals surface area contributed by atoms with E-state index in [1.54, 1.807) is 36.4 Å². The molecule has 7 heteroatoms. The van der Waals surface area contributed by atoms with Gasteiger partial charge in [-0.3, -0.25) is 20.0 Å². The van der Waals surface area contributed by atoms with E-state index >= 15 is 0 Å². The number of anilines is 2. The molecule has 0 fully saturated rings. The molecule has 3 heterocycles. The van der Waals surface area contributed by atoms with Crippen molar-refractivity contribution in [1.29, 1.82) is 0 Å². The van der Waals surface area contributed by atoms with Gasteiger partial charge in [0.2, 0.25) is 5.84 Å². The summed E-state index contributed by atoms with van der Waals surface area (Å²) in [5.41, 5.74) is 5.43. The molecular formula is C18H17N5O2. The quantitative estimate of drug-likeness (QED) is 0.898. The standard InChI is InChI=1S/C18H17N5O2/c1-12-17(24)23(14-5-3-2-4-6-14)21-16(20-12)18(25)22-10-8-13-7-9-19-11-15(13)22/h2-7,9,11-12H,8,10H2,1H3,(H,20,21). The van der Waals surface area contributed by atoms with Gasteiger partial charge in [-0.1, -0.05) is 18.2 Å². The SMILES string of the molecule is CC1N=C(C(=O)N2CCc3ccncc32)NN(c2ccccc2)C1=O. The first-order valence-corrected chi connectivity index (χ1v) is 8.13. The minimum atomic E-state index is -0.628. The molecule has 126 valence electrons. The molecular weight excluding hydrogens is 318 g/mol. The number of aliphatic imine (C=N–C) groups is 1. The monoisotopic (exact) mass is 335 g/mol. The highest BCUT2D eigenvalue weighted by atomic mass is 16.2. The van der Waals surface area contributed by atoms with E-state index in [-0.39, 0.29) is 17.6 Å². The summed E-state index contributed by atoms with van der Waals surface area (Å²) in [6.07, 6.45) is 4.20. The van der Waals surface area contributed by atoms with Crippen molar-refractivity contribution in [3.8, 4) is 0 Å². The summed E-state index contributed by atoms with van der Waals surface area (Å²) in [4.78, 5) is 35.4. The Labute approximate surface area is 145 Å². The number of pyridine rings is 1. The second-order valence-electron chi connectivity index (χ2n) is 5.99. The van der Waals surface area contributed by atoms with Crippen LogP contribution in [0.25, 0.3) is 0 Å². The zero-order valence-corrected chi connectivity index (χ0v) is 13.7. The lowest BCUT2D eigenvalue weighted by atomic mass is 10.2. The lowest BCUT2D eigenvalue weighted by molar-refractivity contribution is -0.120. The molecule has 25 heavy (non-hydrogen) atoms. The first kappa shape index (κ1) is 15.3. The highest BCUT2D eigenvalue weighted by molar-refractivity contribution is 6.44. The van der Waals surface area contributed by atoms with Crippen LogP contribution >= 0.6 is 0 Å². The molecule has 1 N–H and O–H groups in total. The van der Waals surface area contributed by atoms with E-state index < -0.39 is 6.04 Å². The summed E-state index contributed by atoms with van der Waals surface area (Å²) in [5.74, 6) is -0.300. The minimum Gasteiger partial charge on any atom is -0.304 e. The molecule has 0 spiro atoms. The van der Waals surface area contributed by atoms with Crippen molar-refractivity contribution in [2.75, 3.05) is 16.5 Å². The van der Waals surface area contributed by atoms with E-state index in [0.717, 1.165) is 17.7 Å². The van der Waals surface area contributed by atoms with Gasteiger partial charge in [0.25, 0.3) is 11.8 Å². The Bertz CT molecular complexity index is 865. The van der Waals surface area contributed by atoms with Crippen LogP contribution < -0.4 is 15.3 Å². The number of rotatable bonds is 2. The van der Waals surface area contributed by atoms with Crippen LogP contribution in [-0.2, 0) is 16.0 Å². The maximum Gasteiger partial charge on any atom is 0.295 e. The van der Waals surface area contributed by atoms with Crippen molar-refractivity contribution in [3.63, 3.8) is 0 Å². The second-order valence-corrected chi connectivity index (χ2v) is 5.99. The molecule has 7 nitrogen and oxygen atoms in total. The average molecular weight is 335 g/mol. The van der Waals surface area contributed by atoms with E-state index in [2.05, 4.69) is 15.4 Å². The van der Waals surface area contributed by atoms with Gasteiger partial charge in [-0.25, -0.2) is 10.0 Å². The van der Waals surface area contributed by atoms with E-state index in [0.29, 0.717) is 12.2 Å². The van der Waals surface area contributed by atoms with E-state index in [1.165, 1.54) is 5.01 Å². The van der Waals surface area contributed by atoms with Gasteiger partial charge in [-0.2, -0.15) is 0 Å². The van der Waals surface area contributed by atoms with Gasteiger partial charge in [0.15, 0.2) is 0 Å². The third-order valence-electron chi connectivity index (χ3n) is 4.36. The smallest absolute Gasteiger partial charge is 0.295 e. The molecule has 0 radical (unpaired) electrons. The number of benzene rings is 1. The Hall–Kier alpha value is -3.22. The Balaban J connectivity index is 1.63. The van der Waals surface area contributed by atoms with Crippen molar-refractivity contribution in [2.24, 2.45) is 4.99 Å². The summed E-state index contributed by atoms with van der Waals surface area (Å²) in [5, 5.41) is 1.38. The molecule has 0 saturated heterocycles. The fourth-order valence-corrected chi connectivity index (χ4v) is 3.06. The van der Waals surface area contributed by atoms with Gasteiger partial charge in [0, 0.05) is 12.7 Å². The number of amidine groups is 1. The molecule has 4 rings (SSSR count). The number of hydrogen-bond acceptors (Lipinski definition) is 5. The number of para-hydroxylation sites is 1. The Morgan fingerprint density at radius 2 is 2.04 bits per heavy atom. The molecule has 0 saturated carbocycles. The normalized spacial score (nSPS) is 19.3. The molecule has 1 aromatic carbocycles. The zero-order valence-electron chi connectivity index (χ0n) is 13.7. The van der Waals surface area contributed by atoms with Gasteiger partial charge in [-0.15, -0.1) is 0 Å². The Kier molecular flexibility index (Phi) is 3.68. The number of aromatic nitrogens is 1. The van der Waals surface area contributed by atoms with Crippen molar-refractivity contribution < 1.29 is 9.59 Å². The summed E-state index contributed by atoms with van der Waals surface area (Å²) >= 11 is 0. The van der Waals surface area contributed by atoms with E-state index in [1.807, 2.05) is 24.3 Å². The topological polar surface area (TPSA) is 77.9 Å². The van der Waals surface area contributed by atoms with Crippen molar-refractivity contribution in [3.05, 3.63) is 54.4 Å². The number of hydrazine groups is 1. The van der Waals surface area contributed by atoms with Crippen LogP contribution in [0.15, 0.2) is 53.8 Å². The largest absolute Gasteiger partial charge is 0.304 e. The molecule has 2 aliphatic heterocycles. The summed E-state index contributed by atoms with van der Waals surface area (Å²) in [6.45, 7) is 2.26. The van der Waals surface area contributed by atoms with Crippen LogP contribution in [0.1, 0.15) is 12.5 Å². The lowest BCUT2D eigenvalue weighted by Gasteiger charge is -2.31. The average Bonchev–Trinajstić information content (AvgIpc) is 3.08. The number of nitrogens with zero attached hydrogens (tertiary/aromatic N) is 4. The Morgan fingerprint density at radius 1 is 1.24 bits per heavy atom. The van der Waals surface area contributed by atoms with Crippen LogP contribution in [-0.4, -0.2) is 35.2 Å². The van der Waals surface area contributed by atoms with Crippen LogP contribution in [0.3, 0.4) is 0 Å². The third kappa shape index (κ3) is 2.63. The molecule has 2 amide bonds. The highest BCUT2D eigenvalue weighted by Gasteiger charge is 2.34. The maximum atomic E-state index is 13.0. The van der Waals surface area contributed by atoms with Crippen LogP contribution in [0.5, 0.6) is 0 Å². The fraction of sp³-hybridized carbons (Fsp3) is 0.222. The maximum absolute atomic E-state index is 13.0. The first-order chi connectivity index (χ1) is 12.1. The highest BCUT2D eigenvalue weighted by Crippen LogP contribution is 2.27. The molecule has 1 unspecified atom stereocenters. The van der Waals surface area contributed by atoms with Crippen LogP contribution in [0, 0.1) is 0 Å². The zero-order chi connectivity index (χ0) is 17.4. The predicted octanol–water partition coefficient (Wildman–Crippen LogP) is 1.31. The lowest BCUT2D eigenvalue weighted by Crippen LogP contribution is -2.58. The number of carbonyl (C=O) groups excluding carboxylic acids is 2. The van der Waals surface area contributed by atoms with Gasteiger partial charge in [0.05, 0.1) is 17.6 Å². The summed E-state index contributed by atoms with van der Waals surface area (Å²) in [7, 11) is 0. The molecule has 0 bridgehead atoms. The summed E-state index contributed by atoms with van der Waals surface area (Å²) < 4.78 is 0. The summed E-state index contributed by atoms with van der Waals surface area (Å²) in [6, 6.07) is 10.4. The van der Waals surface area contributed by atoms with Crippen LogP contribution in [0.2, 0.25) is 0 Å². The van der Waals surface area contributed by atoms with Crippen molar-refractivity contribution in [2.45, 2.75) is 19.4 Å². The predicted molar refractivity (Wildman–Crippen MR) is 94.3 cm³/mol. The molecule has 1 aromatic heterocycles. The van der Waals surface area contributed by atoms with Crippen LogP contribution in [0.4, 0.5) is 11.4 Å². The van der Waals surface area contributed by atoms with Gasteiger partial charge < -0.3 is 4.90 Å². The fourth-order valence-electron chi connectivity index (χ4n) is 3.06. The van der Waals surface area contributed by atoms with Gasteiger partial charge >= 0.3 is 0 Å². The third-order valence-corrected chi connectivity index (χ3v) is 4.36. The molecule has 2 aliphatic rings.